The van der Waals surface area contributed by atoms with Gasteiger partial charge in [0, 0.05) is 12.4 Å². The van der Waals surface area contributed by atoms with E-state index in [1.165, 1.54) is 51.4 Å². The number of hydrogen-bond donors (Lipinski definition) is 3. The van der Waals surface area contributed by atoms with Gasteiger partial charge in [-0.25, -0.2) is 0 Å². The molecule has 1 atom stereocenters. The van der Waals surface area contributed by atoms with Crippen molar-refractivity contribution in [2.24, 2.45) is 0 Å². The van der Waals surface area contributed by atoms with E-state index in [1.807, 2.05) is 0 Å². The van der Waals surface area contributed by atoms with E-state index in [1.54, 1.807) is 0 Å². The molecular weight excluding hydrogens is 364 g/mol. The summed E-state index contributed by atoms with van der Waals surface area (Å²) in [4.78, 5) is 19.7. The smallest absolute Gasteiger partial charge is 0.273 e. The molecule has 0 radical (unpaired) electrons. The van der Waals surface area contributed by atoms with Crippen LogP contribution in [-0.2, 0) is 19.7 Å². The van der Waals surface area contributed by atoms with Crippen molar-refractivity contribution in [3.8, 4) is 0 Å². The fourth-order valence-corrected chi connectivity index (χ4v) is 2.26. The standard InChI is InChI=1S/2C6H15N.C4H6O7S/c2*1-2-3-4-5-6-7;5-3(6)1-2(4(7)8)12(9,10)11/h2*2-7H2,1H3;2H,1H2,(H,5,6)(H,7,8)(H,9,10,11). The van der Waals surface area contributed by atoms with Gasteiger partial charge in [0.2, 0.25) is 0 Å². The molecule has 1 unspecified atom stereocenters. The maximum Gasteiger partial charge on any atom is 0.273 e. The molecule has 0 heterocycles. The Morgan fingerprint density at radius 1 is 0.885 bits per heavy atom. The predicted octanol–water partition coefficient (Wildman–Crippen LogP) is -2.25. The minimum Gasteiger partial charge on any atom is -0.550 e. The van der Waals surface area contributed by atoms with Crippen LogP contribution in [0.3, 0.4) is 0 Å². The Hall–Kier alpha value is -1.23. The average molecular weight is 401 g/mol. The number of unbranched alkanes of at least 4 members (excludes halogenated alkanes) is 6. The van der Waals surface area contributed by atoms with Gasteiger partial charge in [-0.3, -0.25) is 4.55 Å². The predicted molar refractivity (Wildman–Crippen MR) is 93.8 cm³/mol. The minimum absolute atomic E-state index is 1.11. The highest BCUT2D eigenvalue weighted by atomic mass is 32.2. The van der Waals surface area contributed by atoms with Crippen molar-refractivity contribution in [3.05, 3.63) is 0 Å². The fourth-order valence-electron chi connectivity index (χ4n) is 1.67. The van der Waals surface area contributed by atoms with Crippen LogP contribution in [0.2, 0.25) is 0 Å². The maximum absolute atomic E-state index is 10.2. The molecule has 0 saturated carbocycles. The summed E-state index contributed by atoms with van der Waals surface area (Å²) in [5, 5.41) is 17.3. The zero-order chi connectivity index (χ0) is 21.0. The Balaban J connectivity index is -0.000000326. The second-order valence-electron chi connectivity index (χ2n) is 5.73. The van der Waals surface area contributed by atoms with Crippen LogP contribution in [0.5, 0.6) is 0 Å². The first-order valence-corrected chi connectivity index (χ1v) is 10.5. The van der Waals surface area contributed by atoms with Crippen LogP contribution in [0.4, 0.5) is 0 Å². The van der Waals surface area contributed by atoms with Crippen molar-refractivity contribution in [2.75, 3.05) is 13.1 Å². The quantitative estimate of drug-likeness (QED) is 0.243. The lowest BCUT2D eigenvalue weighted by atomic mass is 10.2. The Kier molecular flexibility index (Phi) is 22.8. The molecule has 158 valence electrons. The first kappa shape index (κ1) is 29.5. The molecule has 0 saturated heterocycles. The van der Waals surface area contributed by atoms with Crippen LogP contribution in [0.15, 0.2) is 0 Å². The molecule has 26 heavy (non-hydrogen) atoms. The lowest BCUT2D eigenvalue weighted by molar-refractivity contribution is -0.368. The number of hydrogen-bond acceptors (Lipinski definition) is 6. The molecular formula is C16H36N2O7S. The van der Waals surface area contributed by atoms with Gasteiger partial charge < -0.3 is 31.3 Å². The average Bonchev–Trinajstić information content (AvgIpc) is 2.53. The van der Waals surface area contributed by atoms with Crippen LogP contribution >= 0.6 is 0 Å². The largest absolute Gasteiger partial charge is 0.550 e. The number of rotatable bonds is 12. The zero-order valence-electron chi connectivity index (χ0n) is 16.1. The normalized spacial score (nSPS) is 11.4. The summed E-state index contributed by atoms with van der Waals surface area (Å²) >= 11 is 0. The molecule has 0 aromatic carbocycles. The molecule has 7 N–H and O–H groups in total. The molecule has 0 aliphatic rings. The van der Waals surface area contributed by atoms with Gasteiger partial charge in [-0.2, -0.15) is 8.42 Å². The maximum atomic E-state index is 10.2. The molecule has 10 heteroatoms. The van der Waals surface area contributed by atoms with Crippen molar-refractivity contribution in [3.63, 3.8) is 0 Å². The van der Waals surface area contributed by atoms with Gasteiger partial charge in [-0.15, -0.1) is 0 Å². The highest BCUT2D eigenvalue weighted by Gasteiger charge is 2.24. The number of carboxylic acids is 2. The molecule has 0 rings (SSSR count). The van der Waals surface area contributed by atoms with Crippen molar-refractivity contribution in [1.29, 1.82) is 0 Å². The molecule has 0 spiro atoms. The summed E-state index contributed by atoms with van der Waals surface area (Å²) in [5.41, 5.74) is 7.51. The van der Waals surface area contributed by atoms with Gasteiger partial charge >= 0.3 is 0 Å². The highest BCUT2D eigenvalue weighted by molar-refractivity contribution is 7.87. The minimum atomic E-state index is -4.94. The first-order valence-electron chi connectivity index (χ1n) is 9.03. The van der Waals surface area contributed by atoms with Crippen LogP contribution in [0.25, 0.3) is 0 Å². The van der Waals surface area contributed by atoms with Gasteiger partial charge in [-0.05, 0) is 25.7 Å². The summed E-state index contributed by atoms with van der Waals surface area (Å²) in [6, 6.07) is 0. The summed E-state index contributed by atoms with van der Waals surface area (Å²) in [5.74, 6) is -4.08. The van der Waals surface area contributed by atoms with Gasteiger partial charge in [0.15, 0.2) is 0 Å². The van der Waals surface area contributed by atoms with Crippen LogP contribution in [-0.4, -0.2) is 43.2 Å². The second-order valence-corrected chi connectivity index (χ2v) is 7.33. The molecule has 0 aliphatic carbocycles. The summed E-state index contributed by atoms with van der Waals surface area (Å²) in [6.07, 6.45) is 9.48. The summed E-state index contributed by atoms with van der Waals surface area (Å²) in [6.45, 7) is 6.67. The third-order valence-corrected chi connectivity index (χ3v) is 4.26. The van der Waals surface area contributed by atoms with Crippen molar-refractivity contribution >= 4 is 22.1 Å². The van der Waals surface area contributed by atoms with Gasteiger partial charge in [0.1, 0.15) is 5.25 Å². The van der Waals surface area contributed by atoms with Crippen molar-refractivity contribution < 1.29 is 44.2 Å². The van der Waals surface area contributed by atoms with E-state index in [0.29, 0.717) is 0 Å². The lowest BCUT2D eigenvalue weighted by Crippen LogP contribution is -2.50. The molecule has 0 aromatic rings. The third-order valence-electron chi connectivity index (χ3n) is 3.18. The van der Waals surface area contributed by atoms with Gasteiger partial charge in [0.05, 0.1) is 19.1 Å². The third kappa shape index (κ3) is 25.0. The van der Waals surface area contributed by atoms with Gasteiger partial charge in [0.25, 0.3) is 10.1 Å². The number of aliphatic carboxylic acids is 2. The van der Waals surface area contributed by atoms with Crippen molar-refractivity contribution in [2.45, 2.75) is 76.9 Å². The first-order chi connectivity index (χ1) is 12.1. The number of carbonyl (C=O) groups is 2. The molecule has 0 aliphatic heterocycles. The molecule has 0 amide bonds. The molecule has 0 fully saturated rings. The van der Waals surface area contributed by atoms with E-state index in [-0.39, 0.29) is 0 Å². The SMILES string of the molecule is CCCCCC[NH3+].CCCCCC[NH3+].O=C([O-])CC(C(=O)[O-])S(=O)(=O)O. The fraction of sp³-hybridized carbons (Fsp3) is 0.875. The van der Waals surface area contributed by atoms with E-state index >= 15 is 0 Å². The lowest BCUT2D eigenvalue weighted by Gasteiger charge is -2.14. The van der Waals surface area contributed by atoms with Crippen molar-refractivity contribution in [1.82, 2.24) is 0 Å². The number of carbonyl (C=O) groups excluding carboxylic acids is 2. The van der Waals surface area contributed by atoms with E-state index in [0.717, 1.165) is 13.1 Å². The zero-order valence-corrected chi connectivity index (χ0v) is 16.9. The monoisotopic (exact) mass is 400 g/mol. The van der Waals surface area contributed by atoms with Crippen LogP contribution in [0, 0.1) is 0 Å². The molecule has 0 bridgehead atoms. The van der Waals surface area contributed by atoms with E-state index in [9.17, 15) is 28.2 Å². The highest BCUT2D eigenvalue weighted by Crippen LogP contribution is 2.01. The van der Waals surface area contributed by atoms with Gasteiger partial charge in [-0.1, -0.05) is 39.5 Å². The Labute approximate surface area is 156 Å². The van der Waals surface area contributed by atoms with Crippen LogP contribution in [0.1, 0.15) is 71.6 Å². The van der Waals surface area contributed by atoms with E-state index < -0.39 is 33.7 Å². The Morgan fingerprint density at radius 3 is 1.42 bits per heavy atom. The van der Waals surface area contributed by atoms with E-state index in [2.05, 4.69) is 25.3 Å². The number of quaternary nitrogens is 2. The summed E-state index contributed by atoms with van der Waals surface area (Å²) in [7, 11) is -4.94. The Bertz CT molecular complexity index is 424. The topological polar surface area (TPSA) is 190 Å². The summed E-state index contributed by atoms with van der Waals surface area (Å²) < 4.78 is 28.5. The van der Waals surface area contributed by atoms with Crippen LogP contribution < -0.4 is 21.7 Å². The number of carboxylic acid groups (broad SMARTS) is 2. The molecule has 0 aromatic heterocycles. The Morgan fingerprint density at radius 2 is 1.27 bits per heavy atom. The molecule has 9 nitrogen and oxygen atoms in total. The second kappa shape index (κ2) is 20.1. The van der Waals surface area contributed by atoms with E-state index in [4.69, 9.17) is 4.55 Å².